The largest absolute Gasteiger partial charge is 0.478 e. The van der Waals surface area contributed by atoms with Gasteiger partial charge in [0.2, 0.25) is 0 Å². The Morgan fingerprint density at radius 2 is 1.11 bits per heavy atom. The first-order chi connectivity index (χ1) is 34.5. The van der Waals surface area contributed by atoms with E-state index >= 15 is 0 Å². The minimum atomic E-state index is -1.01. The zero-order valence-electron chi connectivity index (χ0n) is 38.9. The number of nitro groups is 1. The van der Waals surface area contributed by atoms with Crippen molar-refractivity contribution in [2.45, 2.75) is 39.4 Å². The number of fused-ring (bicyclic) bond motifs is 2. The number of hydrogen-bond acceptors (Lipinski definition) is 8. The summed E-state index contributed by atoms with van der Waals surface area (Å²) in [6.45, 7) is 5.05. The lowest BCUT2D eigenvalue weighted by molar-refractivity contribution is -0.384. The molecule has 7 aromatic carbocycles. The number of carboxylic acid groups (broad SMARTS) is 1. The third-order valence-electron chi connectivity index (χ3n) is 12.6. The Morgan fingerprint density at radius 1 is 0.592 bits per heavy atom. The molecule has 0 spiro atoms. The second-order valence-electron chi connectivity index (χ2n) is 17.1. The zero-order valence-corrected chi connectivity index (χ0v) is 38.9. The predicted octanol–water partition coefficient (Wildman–Crippen LogP) is 11.7. The third kappa shape index (κ3) is 10.3. The molecule has 0 saturated heterocycles. The van der Waals surface area contributed by atoms with Crippen LogP contribution in [-0.2, 0) is 29.0 Å². The van der Waals surface area contributed by atoms with Gasteiger partial charge in [0.25, 0.3) is 11.6 Å². The number of carbonyl (C=O) groups excluding carboxylic acids is 3. The van der Waals surface area contributed by atoms with Crippen LogP contribution in [-0.4, -0.2) is 56.2 Å². The molecule has 0 radical (unpaired) electrons. The van der Waals surface area contributed by atoms with Crippen molar-refractivity contribution < 1.29 is 38.7 Å². The van der Waals surface area contributed by atoms with Crippen LogP contribution in [0.15, 0.2) is 176 Å². The molecule has 0 saturated carbocycles. The highest BCUT2D eigenvalue weighted by Gasteiger charge is 2.21. The van der Waals surface area contributed by atoms with E-state index in [0.717, 1.165) is 60.8 Å². The van der Waals surface area contributed by atoms with Crippen LogP contribution in [0.1, 0.15) is 83.6 Å². The van der Waals surface area contributed by atoms with Crippen LogP contribution >= 0.6 is 0 Å². The lowest BCUT2D eigenvalue weighted by Crippen LogP contribution is -2.30. The van der Waals surface area contributed by atoms with Gasteiger partial charge in [0.1, 0.15) is 0 Å². The number of nitro benzene ring substituents is 1. The van der Waals surface area contributed by atoms with Gasteiger partial charge in [-0.15, -0.1) is 0 Å². The van der Waals surface area contributed by atoms with Crippen molar-refractivity contribution in [3.05, 3.63) is 231 Å². The molecular weight excluding hydrogens is 897 g/mol. The summed E-state index contributed by atoms with van der Waals surface area (Å²) in [5.41, 5.74) is 10.6. The number of nitrogens with one attached hydrogen (secondary N) is 1. The highest BCUT2D eigenvalue weighted by Crippen LogP contribution is 2.32. The number of carboxylic acids is 1. The second kappa shape index (κ2) is 20.6. The fraction of sp³-hybridized carbons (Fsp3) is 0.138. The van der Waals surface area contributed by atoms with Crippen molar-refractivity contribution in [2.24, 2.45) is 0 Å². The Balaban J connectivity index is 1.01. The minimum absolute atomic E-state index is 0.0710. The quantitative estimate of drug-likeness (QED) is 0.0512. The molecule has 9 aromatic rings. The Kier molecular flexibility index (Phi) is 13.7. The predicted molar refractivity (Wildman–Crippen MR) is 272 cm³/mol. The number of rotatable bonds is 17. The van der Waals surface area contributed by atoms with Gasteiger partial charge in [0.05, 0.1) is 40.9 Å². The lowest BCUT2D eigenvalue weighted by atomic mass is 9.92. The molecule has 13 heteroatoms. The van der Waals surface area contributed by atoms with Gasteiger partial charge in [-0.1, -0.05) is 78.9 Å². The standard InChI is InChI=1S/C58H48N4O9/c1-3-70-57(66)41-14-10-38(11-15-41)50-8-6-5-7-47(50)35-60-29-27-43-33-45(20-25-53(43)60)55(63)59-52(40-18-22-49(23-19-40)62(68)69)32-37-9-24-51(39-12-16-42(17-13-39)58(67)71-4-2)48(31-37)36-61-30-28-44-34-46(56(64)65)21-26-54(44)61/h5-31,33-34,52H,3-4,32,35-36H2,1-2H3,(H,59,63)(H,64,65)/t52-/m0/s1. The first kappa shape index (κ1) is 47.0. The summed E-state index contributed by atoms with van der Waals surface area (Å²) in [6, 6.07) is 48.8. The van der Waals surface area contributed by atoms with E-state index < -0.39 is 22.9 Å². The molecule has 0 bridgehead atoms. The zero-order chi connectivity index (χ0) is 49.6. The Bertz CT molecular complexity index is 3460. The number of hydrogen-bond donors (Lipinski definition) is 2. The maximum atomic E-state index is 14.3. The van der Waals surface area contributed by atoms with Crippen LogP contribution < -0.4 is 5.32 Å². The van der Waals surface area contributed by atoms with Crippen molar-refractivity contribution >= 4 is 51.3 Å². The highest BCUT2D eigenvalue weighted by atomic mass is 16.6. The summed E-state index contributed by atoms with van der Waals surface area (Å²) in [7, 11) is 0. The van der Waals surface area contributed by atoms with E-state index in [0.29, 0.717) is 48.4 Å². The van der Waals surface area contributed by atoms with Crippen molar-refractivity contribution in [1.29, 1.82) is 0 Å². The fourth-order valence-corrected chi connectivity index (χ4v) is 9.00. The average Bonchev–Trinajstić information content (AvgIpc) is 3.99. The van der Waals surface area contributed by atoms with Crippen LogP contribution in [0.5, 0.6) is 0 Å². The van der Waals surface area contributed by atoms with Gasteiger partial charge < -0.3 is 29.0 Å². The molecule has 13 nitrogen and oxygen atoms in total. The molecule has 2 heterocycles. The Labute approximate surface area is 408 Å². The van der Waals surface area contributed by atoms with Gasteiger partial charge in [0.15, 0.2) is 0 Å². The van der Waals surface area contributed by atoms with Crippen molar-refractivity contribution in [3.8, 4) is 22.3 Å². The SMILES string of the molecule is CCOC(=O)c1ccc(-c2ccccc2Cn2ccc3cc(C(=O)N[C@@H](Cc4ccc(-c5ccc(C(=O)OCC)cc5)c(Cn5ccc6cc(C(=O)O)ccc65)c4)c4ccc([N+](=O)[O-])cc4)ccc32)cc1. The van der Waals surface area contributed by atoms with E-state index in [1.54, 1.807) is 74.5 Å². The smallest absolute Gasteiger partial charge is 0.338 e. The molecule has 2 N–H and O–H groups in total. The van der Waals surface area contributed by atoms with E-state index in [4.69, 9.17) is 9.47 Å². The summed E-state index contributed by atoms with van der Waals surface area (Å²) in [6.07, 6.45) is 4.24. The molecular formula is C58H48N4O9. The molecule has 1 atom stereocenters. The van der Waals surface area contributed by atoms with Crippen LogP contribution in [0.25, 0.3) is 44.1 Å². The van der Waals surface area contributed by atoms with Crippen molar-refractivity contribution in [2.75, 3.05) is 13.2 Å². The molecule has 71 heavy (non-hydrogen) atoms. The molecule has 2 aromatic heterocycles. The lowest BCUT2D eigenvalue weighted by Gasteiger charge is -2.21. The number of benzene rings is 7. The number of ether oxygens (including phenoxy) is 2. The molecule has 0 aliphatic rings. The number of amides is 1. The number of aromatic carboxylic acids is 1. The number of nitrogens with zero attached hydrogens (tertiary/aromatic N) is 3. The monoisotopic (exact) mass is 944 g/mol. The molecule has 0 fully saturated rings. The summed E-state index contributed by atoms with van der Waals surface area (Å²) < 4.78 is 14.5. The molecule has 354 valence electrons. The Morgan fingerprint density at radius 3 is 1.68 bits per heavy atom. The van der Waals surface area contributed by atoms with Crippen molar-refractivity contribution in [3.63, 3.8) is 0 Å². The van der Waals surface area contributed by atoms with Gasteiger partial charge in [-0.3, -0.25) is 14.9 Å². The van der Waals surface area contributed by atoms with Gasteiger partial charge in [0, 0.05) is 65.0 Å². The molecule has 1 amide bonds. The average molecular weight is 945 g/mol. The maximum absolute atomic E-state index is 14.3. The maximum Gasteiger partial charge on any atom is 0.338 e. The van der Waals surface area contributed by atoms with Gasteiger partial charge in [-0.05, 0) is 138 Å². The normalized spacial score (nSPS) is 11.6. The number of non-ortho nitro benzene ring substituents is 1. The van der Waals surface area contributed by atoms with Gasteiger partial charge >= 0.3 is 17.9 Å². The molecule has 0 unspecified atom stereocenters. The second-order valence-corrected chi connectivity index (χ2v) is 17.1. The van der Waals surface area contributed by atoms with E-state index in [1.165, 1.54) is 12.1 Å². The molecule has 0 aliphatic carbocycles. The summed E-state index contributed by atoms with van der Waals surface area (Å²) >= 11 is 0. The summed E-state index contributed by atoms with van der Waals surface area (Å²) in [5.74, 6) is -2.11. The van der Waals surface area contributed by atoms with Crippen LogP contribution in [0.3, 0.4) is 0 Å². The van der Waals surface area contributed by atoms with Crippen LogP contribution in [0.2, 0.25) is 0 Å². The van der Waals surface area contributed by atoms with E-state index in [-0.39, 0.29) is 29.7 Å². The first-order valence-electron chi connectivity index (χ1n) is 23.2. The van der Waals surface area contributed by atoms with E-state index in [9.17, 15) is 34.4 Å². The number of aromatic nitrogens is 2. The number of esters is 2. The Hall–Kier alpha value is -9.10. The number of carbonyl (C=O) groups is 4. The fourth-order valence-electron chi connectivity index (χ4n) is 9.00. The van der Waals surface area contributed by atoms with Gasteiger partial charge in [-0.25, -0.2) is 14.4 Å². The summed E-state index contributed by atoms with van der Waals surface area (Å²) in [4.78, 5) is 62.1. The van der Waals surface area contributed by atoms with E-state index in [1.807, 2.05) is 89.8 Å². The van der Waals surface area contributed by atoms with Gasteiger partial charge in [-0.2, -0.15) is 0 Å². The molecule has 0 aliphatic heterocycles. The van der Waals surface area contributed by atoms with Crippen LogP contribution in [0.4, 0.5) is 5.69 Å². The summed E-state index contributed by atoms with van der Waals surface area (Å²) in [5, 5.41) is 26.2. The molecule has 9 rings (SSSR count). The topological polar surface area (TPSA) is 172 Å². The minimum Gasteiger partial charge on any atom is -0.478 e. The van der Waals surface area contributed by atoms with Crippen molar-refractivity contribution in [1.82, 2.24) is 14.5 Å². The van der Waals surface area contributed by atoms with E-state index in [2.05, 4.69) is 28.1 Å². The highest BCUT2D eigenvalue weighted by molar-refractivity contribution is 5.99. The first-order valence-corrected chi connectivity index (χ1v) is 23.2. The third-order valence-corrected chi connectivity index (χ3v) is 12.6. The van der Waals surface area contributed by atoms with Crippen LogP contribution in [0, 0.1) is 10.1 Å².